The van der Waals surface area contributed by atoms with Gasteiger partial charge >= 0.3 is 6.09 Å². The van der Waals surface area contributed by atoms with Crippen LogP contribution in [0.4, 0.5) is 21.9 Å². The van der Waals surface area contributed by atoms with Crippen LogP contribution in [0.25, 0.3) is 11.0 Å². The average molecular weight is 455 g/mol. The molecule has 0 aliphatic carbocycles. The molecule has 1 aromatic heterocycles. The van der Waals surface area contributed by atoms with Crippen LogP contribution in [0.15, 0.2) is 52.4 Å². The molecule has 0 aliphatic rings. The van der Waals surface area contributed by atoms with E-state index in [4.69, 9.17) is 0 Å². The number of H-pyrrole nitrogens is 1. The lowest BCUT2D eigenvalue weighted by Gasteiger charge is -2.08. The Labute approximate surface area is 182 Å². The van der Waals surface area contributed by atoms with Crippen LogP contribution in [0.1, 0.15) is 5.69 Å². The number of anilines is 1. The number of ether oxygens (including phenoxy) is 1. The molecule has 15 heteroatoms. The Bertz CT molecular complexity index is 1380. The average Bonchev–Trinajstić information content (AvgIpc) is 2.78. The number of hydrogen-bond acceptors (Lipinski definition) is 10. The Kier molecular flexibility index (Phi) is 6.33. The Morgan fingerprint density at radius 1 is 1.09 bits per heavy atom. The van der Waals surface area contributed by atoms with Gasteiger partial charge in [0.25, 0.3) is 22.8 Å². The van der Waals surface area contributed by atoms with E-state index in [-0.39, 0.29) is 28.1 Å². The number of nitro benzene ring substituents is 2. The second-order valence-electron chi connectivity index (χ2n) is 6.20. The van der Waals surface area contributed by atoms with Crippen molar-refractivity contribution < 1.29 is 24.2 Å². The zero-order chi connectivity index (χ0) is 24.1. The molecule has 0 aliphatic heterocycles. The molecule has 0 bridgehead atoms. The lowest BCUT2D eigenvalue weighted by molar-refractivity contribution is -0.384. The molecule has 0 fully saturated rings. The number of non-ortho nitro benzene ring substituents is 2. The van der Waals surface area contributed by atoms with Gasteiger partial charge in [0.05, 0.1) is 28.0 Å². The predicted octanol–water partition coefficient (Wildman–Crippen LogP) is 1.44. The maximum atomic E-state index is 12.8. The minimum Gasteiger partial charge on any atom is -0.452 e. The van der Waals surface area contributed by atoms with Gasteiger partial charge in [0.15, 0.2) is 11.4 Å². The van der Waals surface area contributed by atoms with Gasteiger partial charge in [-0.15, -0.1) is 0 Å². The fourth-order valence-electron chi connectivity index (χ4n) is 2.59. The molecule has 3 aromatic rings. The summed E-state index contributed by atoms with van der Waals surface area (Å²) in [7, 11) is 1.04. The van der Waals surface area contributed by atoms with E-state index in [1.807, 2.05) is 5.43 Å². The first-order chi connectivity index (χ1) is 15.7. The quantitative estimate of drug-likeness (QED) is 0.278. The maximum absolute atomic E-state index is 12.8. The summed E-state index contributed by atoms with van der Waals surface area (Å²) >= 11 is 0. The summed E-state index contributed by atoms with van der Waals surface area (Å²) in [6.07, 6.45) is -1.05. The van der Waals surface area contributed by atoms with E-state index in [0.717, 1.165) is 25.3 Å². The number of nitro groups is 2. The van der Waals surface area contributed by atoms with Crippen LogP contribution in [-0.2, 0) is 9.53 Å². The van der Waals surface area contributed by atoms with Crippen LogP contribution < -0.4 is 16.3 Å². The van der Waals surface area contributed by atoms with Crippen LogP contribution in [0.2, 0.25) is 0 Å². The highest BCUT2D eigenvalue weighted by Crippen LogP contribution is 2.18. The molecule has 0 spiro atoms. The number of hydrogen-bond donors (Lipinski definition) is 3. The number of amides is 2. The summed E-state index contributed by atoms with van der Waals surface area (Å²) in [4.78, 5) is 63.8. The van der Waals surface area contributed by atoms with Crippen LogP contribution in [0.3, 0.4) is 0 Å². The number of carbonyl (C=O) groups is 2. The molecule has 15 nitrogen and oxygen atoms in total. The molecule has 3 rings (SSSR count). The van der Waals surface area contributed by atoms with E-state index in [1.165, 1.54) is 24.3 Å². The second kappa shape index (κ2) is 9.29. The first kappa shape index (κ1) is 22.5. The van der Waals surface area contributed by atoms with E-state index in [1.54, 1.807) is 0 Å². The van der Waals surface area contributed by atoms with Gasteiger partial charge in [-0.25, -0.2) is 15.2 Å². The van der Waals surface area contributed by atoms with Crippen molar-refractivity contribution in [2.24, 2.45) is 5.10 Å². The maximum Gasteiger partial charge on any atom is 0.427 e. The second-order valence-corrected chi connectivity index (χ2v) is 6.20. The number of rotatable bonds is 6. The number of fused-ring (bicyclic) bond motifs is 1. The third-order valence-corrected chi connectivity index (χ3v) is 4.09. The standard InChI is InChI=1S/C18H13N7O8/c1-33-18(28)23-22-15(17(27)19-9-3-2-4-10(7-9)24(29)30)14-16(26)21-13-8-11(25(31)32)5-6-12(13)20-14/h2-8H,1H3,(H,19,27)(H,21,26)(H,23,28)/b22-15-. The first-order valence-electron chi connectivity index (χ1n) is 8.86. The minimum atomic E-state index is -1.05. The van der Waals surface area contributed by atoms with Crippen molar-refractivity contribution in [1.82, 2.24) is 15.4 Å². The van der Waals surface area contributed by atoms with Crippen LogP contribution >= 0.6 is 0 Å². The molecule has 0 atom stereocenters. The van der Waals surface area contributed by atoms with Crippen molar-refractivity contribution in [3.8, 4) is 0 Å². The predicted molar refractivity (Wildman–Crippen MR) is 113 cm³/mol. The molecule has 33 heavy (non-hydrogen) atoms. The fraction of sp³-hybridized carbons (Fsp3) is 0.0556. The lowest BCUT2D eigenvalue weighted by atomic mass is 10.2. The summed E-state index contributed by atoms with van der Waals surface area (Å²) in [6, 6.07) is 8.43. The summed E-state index contributed by atoms with van der Waals surface area (Å²) in [5, 5.41) is 27.8. The molecule has 1 heterocycles. The van der Waals surface area contributed by atoms with Gasteiger partial charge in [-0.3, -0.25) is 29.8 Å². The molecule has 0 unspecified atom stereocenters. The molecule has 2 aromatic carbocycles. The number of aromatic amines is 1. The van der Waals surface area contributed by atoms with E-state index >= 15 is 0 Å². The zero-order valence-electron chi connectivity index (χ0n) is 16.6. The first-order valence-corrected chi connectivity index (χ1v) is 8.86. The molecule has 0 radical (unpaired) electrons. The molecular formula is C18H13N7O8. The molecule has 3 N–H and O–H groups in total. The summed E-state index contributed by atoms with van der Waals surface area (Å²) < 4.78 is 4.38. The van der Waals surface area contributed by atoms with E-state index < -0.39 is 38.8 Å². The van der Waals surface area contributed by atoms with Gasteiger partial charge in [-0.05, 0) is 12.1 Å². The Hall–Kier alpha value is -5.21. The fourth-order valence-corrected chi connectivity index (χ4v) is 2.59. The van der Waals surface area contributed by atoms with E-state index in [9.17, 15) is 34.6 Å². The monoisotopic (exact) mass is 455 g/mol. The zero-order valence-corrected chi connectivity index (χ0v) is 16.6. The third-order valence-electron chi connectivity index (χ3n) is 4.09. The number of benzene rings is 2. The minimum absolute atomic E-state index is 0.00723. The van der Waals surface area contributed by atoms with E-state index in [0.29, 0.717) is 0 Å². The molecular weight excluding hydrogens is 442 g/mol. The van der Waals surface area contributed by atoms with Crippen LogP contribution in [0.5, 0.6) is 0 Å². The van der Waals surface area contributed by atoms with E-state index in [2.05, 4.69) is 25.1 Å². The van der Waals surface area contributed by atoms with Gasteiger partial charge in [0.1, 0.15) is 0 Å². The van der Waals surface area contributed by atoms with Gasteiger partial charge in [-0.2, -0.15) is 5.10 Å². The van der Waals surface area contributed by atoms with Crippen molar-refractivity contribution in [3.63, 3.8) is 0 Å². The largest absolute Gasteiger partial charge is 0.452 e. The molecule has 0 saturated carbocycles. The SMILES string of the molecule is COC(=O)N/N=C(\C(=O)Nc1cccc([N+](=O)[O-])c1)c1nc2ccc([N+](=O)[O-])cc2[nH]c1=O. The Morgan fingerprint density at radius 2 is 1.79 bits per heavy atom. The number of hydrazone groups is 1. The molecule has 168 valence electrons. The summed E-state index contributed by atoms with van der Waals surface area (Å²) in [5.74, 6) is -1.04. The van der Waals surface area contributed by atoms with Gasteiger partial charge in [0, 0.05) is 30.0 Å². The number of nitrogens with zero attached hydrogens (tertiary/aromatic N) is 4. The van der Waals surface area contributed by atoms with Crippen molar-refractivity contribution in [1.29, 1.82) is 0 Å². The van der Waals surface area contributed by atoms with Crippen molar-refractivity contribution in [2.45, 2.75) is 0 Å². The highest BCUT2D eigenvalue weighted by Gasteiger charge is 2.22. The number of nitrogens with one attached hydrogen (secondary N) is 3. The number of aromatic nitrogens is 2. The number of methoxy groups -OCH3 is 1. The van der Waals surface area contributed by atoms with Crippen molar-refractivity contribution >= 4 is 45.8 Å². The van der Waals surface area contributed by atoms with Crippen molar-refractivity contribution in [3.05, 3.63) is 78.7 Å². The molecule has 0 saturated heterocycles. The molecule has 2 amide bonds. The van der Waals surface area contributed by atoms with Gasteiger partial charge in [-0.1, -0.05) is 6.07 Å². The summed E-state index contributed by atoms with van der Waals surface area (Å²) in [6.45, 7) is 0. The smallest absolute Gasteiger partial charge is 0.427 e. The third kappa shape index (κ3) is 5.10. The van der Waals surface area contributed by atoms with Crippen LogP contribution in [0, 0.1) is 20.2 Å². The highest BCUT2D eigenvalue weighted by molar-refractivity contribution is 6.48. The lowest BCUT2D eigenvalue weighted by Crippen LogP contribution is -2.33. The highest BCUT2D eigenvalue weighted by atomic mass is 16.6. The van der Waals surface area contributed by atoms with Crippen LogP contribution in [-0.4, -0.2) is 44.6 Å². The topological polar surface area (TPSA) is 212 Å². The normalized spacial score (nSPS) is 11.0. The summed E-state index contributed by atoms with van der Waals surface area (Å²) in [5.41, 5.74) is -0.708. The van der Waals surface area contributed by atoms with Gasteiger partial charge in [0.2, 0.25) is 0 Å². The number of carbonyl (C=O) groups excluding carboxylic acids is 2. The van der Waals surface area contributed by atoms with Gasteiger partial charge < -0.3 is 15.0 Å². The Morgan fingerprint density at radius 3 is 2.45 bits per heavy atom. The van der Waals surface area contributed by atoms with Crippen molar-refractivity contribution in [2.75, 3.05) is 12.4 Å². The Balaban J connectivity index is 2.06.